The number of carbonyl (C=O) groups is 1. The van der Waals surface area contributed by atoms with Gasteiger partial charge in [-0.1, -0.05) is 0 Å². The first-order valence-corrected chi connectivity index (χ1v) is 4.64. The van der Waals surface area contributed by atoms with E-state index in [1.807, 2.05) is 0 Å². The molecule has 0 spiro atoms. The van der Waals surface area contributed by atoms with Gasteiger partial charge in [-0.25, -0.2) is 0 Å². The van der Waals surface area contributed by atoms with Gasteiger partial charge < -0.3 is 4.90 Å². The Morgan fingerprint density at radius 1 is 1.75 bits per heavy atom. The molecule has 1 unspecified atom stereocenters. The molecule has 0 aromatic carbocycles. The Morgan fingerprint density at radius 3 is 3.00 bits per heavy atom. The Morgan fingerprint density at radius 2 is 2.50 bits per heavy atom. The van der Waals surface area contributed by atoms with Gasteiger partial charge in [-0.05, 0) is 12.8 Å². The van der Waals surface area contributed by atoms with Crippen LogP contribution in [-0.4, -0.2) is 36.0 Å². The third-order valence-electron chi connectivity index (χ3n) is 2.14. The summed E-state index contributed by atoms with van der Waals surface area (Å²) >= 11 is 5.53. The van der Waals surface area contributed by atoms with E-state index in [-0.39, 0.29) is 11.7 Å². The number of hydrogen-bond acceptors (Lipinski definition) is 2. The van der Waals surface area contributed by atoms with E-state index in [1.165, 1.54) is 6.34 Å². The number of nitrogens with one attached hydrogen (secondary N) is 1. The molecule has 3 nitrogen and oxygen atoms in total. The van der Waals surface area contributed by atoms with Crippen molar-refractivity contribution >= 4 is 23.7 Å². The molecular weight excluding hydrogens is 176 g/mol. The van der Waals surface area contributed by atoms with E-state index in [1.54, 1.807) is 4.90 Å². The molecule has 68 valence electrons. The van der Waals surface area contributed by atoms with Crippen LogP contribution >= 0.6 is 11.6 Å². The monoisotopic (exact) mass is 188 g/mol. The highest BCUT2D eigenvalue weighted by molar-refractivity contribution is 6.17. The minimum Gasteiger partial charge on any atom is -0.355 e. The van der Waals surface area contributed by atoms with Crippen molar-refractivity contribution in [3.05, 3.63) is 0 Å². The maximum Gasteiger partial charge on any atom is 0.156 e. The predicted molar refractivity (Wildman–Crippen MR) is 48.8 cm³/mol. The minimum absolute atomic E-state index is 0.116. The summed E-state index contributed by atoms with van der Waals surface area (Å²) in [6, 6.07) is 0. The van der Waals surface area contributed by atoms with Gasteiger partial charge in [0.15, 0.2) is 5.78 Å². The van der Waals surface area contributed by atoms with E-state index in [0.717, 1.165) is 12.8 Å². The zero-order chi connectivity index (χ0) is 8.97. The average Bonchev–Trinajstić information content (AvgIpc) is 2.43. The Balaban J connectivity index is 2.35. The van der Waals surface area contributed by atoms with Crippen molar-refractivity contribution in [2.24, 2.45) is 5.92 Å². The Labute approximate surface area is 77.2 Å². The van der Waals surface area contributed by atoms with Crippen molar-refractivity contribution in [3.63, 3.8) is 0 Å². The van der Waals surface area contributed by atoms with Crippen LogP contribution in [0.3, 0.4) is 0 Å². The molecule has 0 aromatic heterocycles. The standard InChI is InChI=1S/C8H13ClN2O/c9-3-1-2-7-4-11(6-10)5-8(7)12/h6-7,10H,1-5H2. The highest BCUT2D eigenvalue weighted by atomic mass is 35.5. The summed E-state index contributed by atoms with van der Waals surface area (Å²) in [5.74, 6) is 0.989. The summed E-state index contributed by atoms with van der Waals surface area (Å²) in [6.07, 6.45) is 3.00. The summed E-state index contributed by atoms with van der Waals surface area (Å²) in [6.45, 7) is 1.12. The lowest BCUT2D eigenvalue weighted by Crippen LogP contribution is -2.17. The average molecular weight is 189 g/mol. The fourth-order valence-corrected chi connectivity index (χ4v) is 1.61. The van der Waals surface area contributed by atoms with Gasteiger partial charge in [0.1, 0.15) is 0 Å². The summed E-state index contributed by atoms with van der Waals surface area (Å²) < 4.78 is 0. The maximum absolute atomic E-state index is 11.3. The van der Waals surface area contributed by atoms with Crippen molar-refractivity contribution < 1.29 is 4.79 Å². The molecule has 12 heavy (non-hydrogen) atoms. The first-order chi connectivity index (χ1) is 5.77. The first kappa shape index (κ1) is 9.52. The van der Waals surface area contributed by atoms with Gasteiger partial charge in [0, 0.05) is 18.3 Å². The lowest BCUT2D eigenvalue weighted by atomic mass is 10.0. The lowest BCUT2D eigenvalue weighted by Gasteiger charge is -2.08. The van der Waals surface area contributed by atoms with Crippen LogP contribution in [0.5, 0.6) is 0 Å². The largest absolute Gasteiger partial charge is 0.355 e. The van der Waals surface area contributed by atoms with Crippen LogP contribution in [0.25, 0.3) is 0 Å². The molecule has 0 aromatic rings. The van der Waals surface area contributed by atoms with Gasteiger partial charge in [-0.3, -0.25) is 10.2 Å². The summed E-state index contributed by atoms with van der Waals surface area (Å²) in [5, 5.41) is 6.98. The fourth-order valence-electron chi connectivity index (χ4n) is 1.45. The number of Topliss-reactive ketones (excluding diaryl/α,β-unsaturated/α-hetero) is 1. The highest BCUT2D eigenvalue weighted by Gasteiger charge is 2.28. The van der Waals surface area contributed by atoms with Gasteiger partial charge in [-0.15, -0.1) is 11.6 Å². The number of alkyl halides is 1. The molecule has 1 saturated heterocycles. The molecule has 4 heteroatoms. The van der Waals surface area contributed by atoms with Crippen LogP contribution in [-0.2, 0) is 4.79 Å². The topological polar surface area (TPSA) is 44.2 Å². The molecule has 1 fully saturated rings. The van der Waals surface area contributed by atoms with Crippen molar-refractivity contribution in [2.45, 2.75) is 12.8 Å². The maximum atomic E-state index is 11.3. The molecule has 1 N–H and O–H groups in total. The molecule has 0 amide bonds. The Hall–Kier alpha value is -0.570. The first-order valence-electron chi connectivity index (χ1n) is 4.11. The van der Waals surface area contributed by atoms with Crippen molar-refractivity contribution in [1.82, 2.24) is 4.90 Å². The van der Waals surface area contributed by atoms with Crippen molar-refractivity contribution in [1.29, 1.82) is 5.41 Å². The number of hydrogen-bond donors (Lipinski definition) is 1. The quantitative estimate of drug-likeness (QED) is 0.408. The summed E-state index contributed by atoms with van der Waals surface area (Å²) in [7, 11) is 0. The zero-order valence-corrected chi connectivity index (χ0v) is 7.68. The molecule has 1 atom stereocenters. The third kappa shape index (κ3) is 2.21. The Kier molecular flexibility index (Phi) is 3.53. The van der Waals surface area contributed by atoms with E-state index in [4.69, 9.17) is 17.0 Å². The summed E-state index contributed by atoms with van der Waals surface area (Å²) in [5.41, 5.74) is 0. The number of likely N-dealkylation sites (tertiary alicyclic amines) is 1. The summed E-state index contributed by atoms with van der Waals surface area (Å²) in [4.78, 5) is 13.0. The molecule has 0 radical (unpaired) electrons. The predicted octanol–water partition coefficient (Wildman–Crippen LogP) is 1.11. The van der Waals surface area contributed by atoms with Gasteiger partial charge >= 0.3 is 0 Å². The zero-order valence-electron chi connectivity index (χ0n) is 6.92. The van der Waals surface area contributed by atoms with E-state index < -0.39 is 0 Å². The van der Waals surface area contributed by atoms with Crippen molar-refractivity contribution in [3.8, 4) is 0 Å². The van der Waals surface area contributed by atoms with E-state index in [2.05, 4.69) is 0 Å². The van der Waals surface area contributed by atoms with Crippen LogP contribution in [0.4, 0.5) is 0 Å². The van der Waals surface area contributed by atoms with E-state index in [9.17, 15) is 4.79 Å². The molecular formula is C8H13ClN2O. The highest BCUT2D eigenvalue weighted by Crippen LogP contribution is 2.16. The smallest absolute Gasteiger partial charge is 0.156 e. The fraction of sp³-hybridized carbons (Fsp3) is 0.750. The number of carbonyl (C=O) groups excluding carboxylic acids is 1. The van der Waals surface area contributed by atoms with E-state index in [0.29, 0.717) is 19.0 Å². The van der Waals surface area contributed by atoms with Gasteiger partial charge in [0.05, 0.1) is 12.9 Å². The van der Waals surface area contributed by atoms with Crippen LogP contribution in [0.2, 0.25) is 0 Å². The second-order valence-electron chi connectivity index (χ2n) is 3.05. The number of ketones is 1. The molecule has 1 aliphatic heterocycles. The SMILES string of the molecule is N=CN1CC(=O)C(CCCCl)C1. The second kappa shape index (κ2) is 4.45. The van der Waals surface area contributed by atoms with E-state index >= 15 is 0 Å². The number of nitrogens with zero attached hydrogens (tertiary/aromatic N) is 1. The number of halogens is 1. The lowest BCUT2D eigenvalue weighted by molar-refractivity contribution is -0.119. The Bertz CT molecular complexity index is 184. The van der Waals surface area contributed by atoms with Crippen LogP contribution in [0.15, 0.2) is 0 Å². The van der Waals surface area contributed by atoms with Crippen molar-refractivity contribution in [2.75, 3.05) is 19.0 Å². The third-order valence-corrected chi connectivity index (χ3v) is 2.41. The van der Waals surface area contributed by atoms with Gasteiger partial charge in [-0.2, -0.15) is 0 Å². The molecule has 0 saturated carbocycles. The molecule has 0 bridgehead atoms. The minimum atomic E-state index is 0.116. The molecule has 1 rings (SSSR count). The molecule has 0 aliphatic carbocycles. The van der Waals surface area contributed by atoms with Gasteiger partial charge in [0.2, 0.25) is 0 Å². The second-order valence-corrected chi connectivity index (χ2v) is 3.43. The normalized spacial score (nSPS) is 23.2. The molecule has 1 heterocycles. The van der Waals surface area contributed by atoms with Crippen LogP contribution in [0.1, 0.15) is 12.8 Å². The molecule has 1 aliphatic rings. The van der Waals surface area contributed by atoms with Crippen LogP contribution in [0, 0.1) is 11.3 Å². The number of rotatable bonds is 4. The van der Waals surface area contributed by atoms with Crippen LogP contribution < -0.4 is 0 Å². The van der Waals surface area contributed by atoms with Gasteiger partial charge in [0.25, 0.3) is 0 Å².